The number of likely N-dealkylation sites (tertiary alicyclic amines) is 1. The van der Waals surface area contributed by atoms with E-state index in [1.165, 1.54) is 6.20 Å². The zero-order valence-corrected chi connectivity index (χ0v) is 13.8. The highest BCUT2D eigenvalue weighted by atomic mass is 16.5. The van der Waals surface area contributed by atoms with Gasteiger partial charge in [0.25, 0.3) is 5.91 Å². The predicted molar refractivity (Wildman–Crippen MR) is 90.3 cm³/mol. The van der Waals surface area contributed by atoms with Crippen LogP contribution in [0, 0.1) is 0 Å². The Kier molecular flexibility index (Phi) is 3.91. The van der Waals surface area contributed by atoms with Crippen LogP contribution in [0.25, 0.3) is 0 Å². The Morgan fingerprint density at radius 2 is 2.16 bits per heavy atom. The zero-order valence-electron chi connectivity index (χ0n) is 13.8. The van der Waals surface area contributed by atoms with Gasteiger partial charge in [0.15, 0.2) is 0 Å². The minimum Gasteiger partial charge on any atom is -0.492 e. The summed E-state index contributed by atoms with van der Waals surface area (Å²) in [6.45, 7) is 1.66. The molecule has 1 aromatic carbocycles. The fourth-order valence-corrected chi connectivity index (χ4v) is 3.80. The van der Waals surface area contributed by atoms with Crippen molar-refractivity contribution >= 4 is 11.8 Å². The molecular formula is C18H20N4O3. The molecule has 130 valence electrons. The number of carbonyl (C=O) groups is 2. The molecule has 2 atom stereocenters. The Bertz CT molecular complexity index is 816. The third-order valence-electron chi connectivity index (χ3n) is 5.07. The van der Waals surface area contributed by atoms with Crippen LogP contribution in [-0.2, 0) is 4.79 Å². The molecule has 0 bridgehead atoms. The Morgan fingerprint density at radius 1 is 1.32 bits per heavy atom. The van der Waals surface area contributed by atoms with Gasteiger partial charge in [-0.2, -0.15) is 5.10 Å². The first-order chi connectivity index (χ1) is 12.1. The standard InChI is InChI=1S/C18H20N4O3/c19-17(23)13-8-20-21-16(13)11-4-3-7-22(9-11)18(24)14-10-25-15-6-2-1-5-12(14)15/h1-2,5-6,8,11,14H,3-4,7,9-10H2,(H2,19,23)(H,20,21)/t11-,14+/m1/s1. The molecule has 25 heavy (non-hydrogen) atoms. The largest absolute Gasteiger partial charge is 0.492 e. The number of hydrogen-bond donors (Lipinski definition) is 2. The lowest BCUT2D eigenvalue weighted by Crippen LogP contribution is -2.42. The van der Waals surface area contributed by atoms with Gasteiger partial charge in [0.05, 0.1) is 17.5 Å². The van der Waals surface area contributed by atoms with Gasteiger partial charge in [-0.05, 0) is 18.9 Å². The third-order valence-corrected chi connectivity index (χ3v) is 5.07. The number of rotatable bonds is 3. The number of aromatic amines is 1. The van der Waals surface area contributed by atoms with E-state index >= 15 is 0 Å². The fourth-order valence-electron chi connectivity index (χ4n) is 3.80. The van der Waals surface area contributed by atoms with Crippen molar-refractivity contribution in [2.45, 2.75) is 24.7 Å². The lowest BCUT2D eigenvalue weighted by molar-refractivity contribution is -0.134. The average molecular weight is 340 g/mol. The van der Waals surface area contributed by atoms with Gasteiger partial charge in [-0.1, -0.05) is 18.2 Å². The molecule has 2 amide bonds. The maximum absolute atomic E-state index is 13.0. The number of aromatic nitrogens is 2. The van der Waals surface area contributed by atoms with Crippen LogP contribution in [0.1, 0.15) is 46.3 Å². The number of fused-ring (bicyclic) bond motifs is 1. The average Bonchev–Trinajstić information content (AvgIpc) is 3.28. The van der Waals surface area contributed by atoms with Crippen molar-refractivity contribution in [2.24, 2.45) is 5.73 Å². The van der Waals surface area contributed by atoms with Crippen LogP contribution in [0.3, 0.4) is 0 Å². The Hall–Kier alpha value is -2.83. The highest BCUT2D eigenvalue weighted by molar-refractivity contribution is 5.94. The zero-order chi connectivity index (χ0) is 17.4. The minimum atomic E-state index is -0.495. The summed E-state index contributed by atoms with van der Waals surface area (Å²) in [5.74, 6) is 0.159. The van der Waals surface area contributed by atoms with E-state index < -0.39 is 5.91 Å². The maximum atomic E-state index is 13.0. The number of carbonyl (C=O) groups excluding carboxylic acids is 2. The predicted octanol–water partition coefficient (Wildman–Crippen LogP) is 1.39. The van der Waals surface area contributed by atoms with Crippen LogP contribution in [0.5, 0.6) is 5.75 Å². The highest BCUT2D eigenvalue weighted by Gasteiger charge is 2.36. The van der Waals surface area contributed by atoms with Gasteiger partial charge in [0.1, 0.15) is 18.3 Å². The first-order valence-electron chi connectivity index (χ1n) is 8.48. The van der Waals surface area contributed by atoms with Crippen molar-refractivity contribution in [3.05, 3.63) is 47.3 Å². The molecule has 7 heteroatoms. The molecule has 3 heterocycles. The van der Waals surface area contributed by atoms with E-state index in [1.54, 1.807) is 0 Å². The number of nitrogens with one attached hydrogen (secondary N) is 1. The Balaban J connectivity index is 1.53. The molecule has 2 aromatic rings. The van der Waals surface area contributed by atoms with E-state index in [1.807, 2.05) is 29.2 Å². The fraction of sp³-hybridized carbons (Fsp3) is 0.389. The van der Waals surface area contributed by atoms with Crippen LogP contribution in [0.2, 0.25) is 0 Å². The van der Waals surface area contributed by atoms with Crippen molar-refractivity contribution < 1.29 is 14.3 Å². The van der Waals surface area contributed by atoms with Crippen LogP contribution in [0.15, 0.2) is 30.5 Å². The summed E-state index contributed by atoms with van der Waals surface area (Å²) in [6, 6.07) is 7.68. The molecule has 3 N–H and O–H groups in total. The first-order valence-corrected chi connectivity index (χ1v) is 8.48. The van der Waals surface area contributed by atoms with Crippen LogP contribution in [-0.4, -0.2) is 46.6 Å². The van der Waals surface area contributed by atoms with E-state index in [9.17, 15) is 9.59 Å². The summed E-state index contributed by atoms with van der Waals surface area (Å²) in [7, 11) is 0. The van der Waals surface area contributed by atoms with Crippen LogP contribution >= 0.6 is 0 Å². The topological polar surface area (TPSA) is 101 Å². The number of para-hydroxylation sites is 1. The number of H-pyrrole nitrogens is 1. The number of ether oxygens (including phenoxy) is 1. The normalized spacial score (nSPS) is 22.3. The lowest BCUT2D eigenvalue weighted by atomic mass is 9.91. The molecule has 1 fully saturated rings. The van der Waals surface area contributed by atoms with E-state index in [0.717, 1.165) is 29.8 Å². The second-order valence-corrected chi connectivity index (χ2v) is 6.59. The minimum absolute atomic E-state index is 0.0419. The van der Waals surface area contributed by atoms with Gasteiger partial charge < -0.3 is 15.4 Å². The summed E-state index contributed by atoms with van der Waals surface area (Å²) >= 11 is 0. The molecule has 1 aromatic heterocycles. The van der Waals surface area contributed by atoms with Gasteiger partial charge in [-0.25, -0.2) is 0 Å². The number of nitrogens with two attached hydrogens (primary N) is 1. The van der Waals surface area contributed by atoms with E-state index in [-0.39, 0.29) is 17.7 Å². The summed E-state index contributed by atoms with van der Waals surface area (Å²) in [5.41, 5.74) is 7.51. The number of piperidine rings is 1. The molecule has 0 saturated carbocycles. The van der Waals surface area contributed by atoms with Crippen molar-refractivity contribution in [1.29, 1.82) is 0 Å². The molecule has 0 aliphatic carbocycles. The molecule has 2 aliphatic heterocycles. The summed E-state index contributed by atoms with van der Waals surface area (Å²) < 4.78 is 5.65. The maximum Gasteiger partial charge on any atom is 0.252 e. The number of hydrogen-bond acceptors (Lipinski definition) is 4. The second-order valence-electron chi connectivity index (χ2n) is 6.59. The molecular weight excluding hydrogens is 320 g/mol. The Morgan fingerprint density at radius 3 is 3.00 bits per heavy atom. The first kappa shape index (κ1) is 15.7. The molecule has 1 saturated heterocycles. The Labute approximate surface area is 145 Å². The summed E-state index contributed by atoms with van der Waals surface area (Å²) in [4.78, 5) is 26.4. The van der Waals surface area contributed by atoms with Crippen molar-refractivity contribution in [1.82, 2.24) is 15.1 Å². The number of benzene rings is 1. The monoisotopic (exact) mass is 340 g/mol. The van der Waals surface area contributed by atoms with Gasteiger partial charge in [0.2, 0.25) is 5.91 Å². The number of nitrogens with zero attached hydrogens (tertiary/aromatic N) is 2. The second kappa shape index (κ2) is 6.23. The van der Waals surface area contributed by atoms with Crippen LogP contribution in [0.4, 0.5) is 0 Å². The summed E-state index contributed by atoms with van der Waals surface area (Å²) in [5, 5.41) is 6.83. The molecule has 0 spiro atoms. The van der Waals surface area contributed by atoms with E-state index in [0.29, 0.717) is 25.3 Å². The lowest BCUT2D eigenvalue weighted by Gasteiger charge is -2.34. The van der Waals surface area contributed by atoms with Gasteiger partial charge in [-0.15, -0.1) is 0 Å². The number of amides is 2. The van der Waals surface area contributed by atoms with Gasteiger partial charge >= 0.3 is 0 Å². The molecule has 2 aliphatic rings. The number of primary amides is 1. The van der Waals surface area contributed by atoms with Gasteiger partial charge in [0, 0.05) is 24.6 Å². The third kappa shape index (κ3) is 2.75. The van der Waals surface area contributed by atoms with Crippen molar-refractivity contribution in [3.8, 4) is 5.75 Å². The van der Waals surface area contributed by atoms with E-state index in [4.69, 9.17) is 10.5 Å². The molecule has 7 nitrogen and oxygen atoms in total. The van der Waals surface area contributed by atoms with E-state index in [2.05, 4.69) is 10.2 Å². The van der Waals surface area contributed by atoms with Crippen molar-refractivity contribution in [3.63, 3.8) is 0 Å². The molecule has 0 unspecified atom stereocenters. The highest BCUT2D eigenvalue weighted by Crippen LogP contribution is 2.36. The quantitative estimate of drug-likeness (QED) is 0.881. The van der Waals surface area contributed by atoms with Gasteiger partial charge in [-0.3, -0.25) is 14.7 Å². The molecule has 4 rings (SSSR count). The SMILES string of the molecule is NC(=O)c1cn[nH]c1[C@@H]1CCCN(C(=O)[C@H]2COc3ccccc32)C1. The van der Waals surface area contributed by atoms with Crippen molar-refractivity contribution in [2.75, 3.05) is 19.7 Å². The summed E-state index contributed by atoms with van der Waals surface area (Å²) in [6.07, 6.45) is 3.23. The smallest absolute Gasteiger partial charge is 0.252 e. The van der Waals surface area contributed by atoms with Crippen LogP contribution < -0.4 is 10.5 Å². The molecule has 0 radical (unpaired) electrons.